The summed E-state index contributed by atoms with van der Waals surface area (Å²) in [6.45, 7) is 3.30. The minimum absolute atomic E-state index is 0.0439. The Bertz CT molecular complexity index is 593. The van der Waals surface area contributed by atoms with E-state index < -0.39 is 15.8 Å². The molecule has 0 saturated heterocycles. The molecule has 8 heteroatoms. The van der Waals surface area contributed by atoms with E-state index in [1.807, 2.05) is 0 Å². The lowest BCUT2D eigenvalue weighted by Gasteiger charge is -2.15. The lowest BCUT2D eigenvalue weighted by molar-refractivity contribution is -0.128. The van der Waals surface area contributed by atoms with Crippen LogP contribution in [0.25, 0.3) is 0 Å². The standard InChI is InChI=1S/C12H18FN3O3S/c1-4-16(3)12(17)7-15-20(18,19)9-5-10(13)8(2)11(14)6-9/h5-6,15H,4,7,14H2,1-3H3. The van der Waals surface area contributed by atoms with Crippen molar-refractivity contribution in [2.45, 2.75) is 18.7 Å². The summed E-state index contributed by atoms with van der Waals surface area (Å²) in [7, 11) is -2.42. The second-order valence-electron chi connectivity index (χ2n) is 4.35. The number of nitrogen functional groups attached to an aromatic ring is 1. The van der Waals surface area contributed by atoms with Gasteiger partial charge in [0.05, 0.1) is 11.4 Å². The van der Waals surface area contributed by atoms with Crippen LogP contribution in [0.2, 0.25) is 0 Å². The Morgan fingerprint density at radius 1 is 1.45 bits per heavy atom. The summed E-state index contributed by atoms with van der Waals surface area (Å²) in [6.07, 6.45) is 0. The molecule has 1 amide bonds. The summed E-state index contributed by atoms with van der Waals surface area (Å²) < 4.78 is 39.5. The zero-order chi connectivity index (χ0) is 15.5. The first-order chi connectivity index (χ1) is 9.19. The van der Waals surface area contributed by atoms with Crippen molar-refractivity contribution in [3.05, 3.63) is 23.5 Å². The van der Waals surface area contributed by atoms with Crippen LogP contribution >= 0.6 is 0 Å². The van der Waals surface area contributed by atoms with Crippen LogP contribution in [0.3, 0.4) is 0 Å². The van der Waals surface area contributed by atoms with Crippen molar-refractivity contribution >= 4 is 21.6 Å². The molecule has 0 fully saturated rings. The van der Waals surface area contributed by atoms with E-state index in [0.29, 0.717) is 6.54 Å². The maximum Gasteiger partial charge on any atom is 0.241 e. The van der Waals surface area contributed by atoms with Crippen LogP contribution in [0.15, 0.2) is 17.0 Å². The molecule has 112 valence electrons. The van der Waals surface area contributed by atoms with E-state index in [0.717, 1.165) is 12.1 Å². The average Bonchev–Trinajstić information content (AvgIpc) is 2.40. The van der Waals surface area contributed by atoms with Crippen LogP contribution in [0, 0.1) is 12.7 Å². The Hall–Kier alpha value is -1.67. The monoisotopic (exact) mass is 303 g/mol. The second-order valence-corrected chi connectivity index (χ2v) is 6.12. The van der Waals surface area contributed by atoms with E-state index in [9.17, 15) is 17.6 Å². The number of benzene rings is 1. The number of hydrogen-bond acceptors (Lipinski definition) is 4. The molecule has 20 heavy (non-hydrogen) atoms. The molecule has 0 aliphatic rings. The molecule has 0 heterocycles. The molecule has 0 aliphatic heterocycles. The predicted molar refractivity (Wildman–Crippen MR) is 74.0 cm³/mol. The molecular formula is C12H18FN3O3S. The average molecular weight is 303 g/mol. The molecule has 1 rings (SSSR count). The summed E-state index contributed by atoms with van der Waals surface area (Å²) >= 11 is 0. The van der Waals surface area contributed by atoms with Gasteiger partial charge in [0, 0.05) is 24.8 Å². The maximum atomic E-state index is 13.5. The number of hydrogen-bond donors (Lipinski definition) is 2. The minimum atomic E-state index is -3.98. The molecule has 0 atom stereocenters. The first-order valence-corrected chi connectivity index (χ1v) is 7.46. The Morgan fingerprint density at radius 3 is 2.55 bits per heavy atom. The largest absolute Gasteiger partial charge is 0.398 e. The molecule has 0 unspecified atom stereocenters. The predicted octanol–water partition coefficient (Wildman–Crippen LogP) is 0.473. The highest BCUT2D eigenvalue weighted by atomic mass is 32.2. The second kappa shape index (κ2) is 6.19. The fourth-order valence-corrected chi connectivity index (χ4v) is 2.40. The highest BCUT2D eigenvalue weighted by Crippen LogP contribution is 2.20. The van der Waals surface area contributed by atoms with Gasteiger partial charge in [0.25, 0.3) is 0 Å². The van der Waals surface area contributed by atoms with Crippen molar-refractivity contribution in [2.24, 2.45) is 0 Å². The third-order valence-corrected chi connectivity index (χ3v) is 4.36. The van der Waals surface area contributed by atoms with Gasteiger partial charge < -0.3 is 10.6 Å². The molecule has 0 radical (unpaired) electrons. The Balaban J connectivity index is 2.93. The van der Waals surface area contributed by atoms with Gasteiger partial charge in [-0.3, -0.25) is 4.79 Å². The van der Waals surface area contributed by atoms with Crippen LogP contribution < -0.4 is 10.5 Å². The van der Waals surface area contributed by atoms with Gasteiger partial charge in [-0.15, -0.1) is 0 Å². The van der Waals surface area contributed by atoms with Crippen molar-refractivity contribution in [3.63, 3.8) is 0 Å². The summed E-state index contributed by atoms with van der Waals surface area (Å²) in [6, 6.07) is 2.04. The molecule has 0 saturated carbocycles. The smallest absolute Gasteiger partial charge is 0.241 e. The van der Waals surface area contributed by atoms with Gasteiger partial charge in [0.15, 0.2) is 0 Å². The van der Waals surface area contributed by atoms with E-state index in [2.05, 4.69) is 4.72 Å². The van der Waals surface area contributed by atoms with Gasteiger partial charge in [-0.05, 0) is 26.0 Å². The number of anilines is 1. The molecular weight excluding hydrogens is 285 g/mol. The number of nitrogens with one attached hydrogen (secondary N) is 1. The number of rotatable bonds is 5. The van der Waals surface area contributed by atoms with E-state index >= 15 is 0 Å². The number of carbonyl (C=O) groups is 1. The van der Waals surface area contributed by atoms with Crippen LogP contribution in [-0.4, -0.2) is 39.4 Å². The van der Waals surface area contributed by atoms with E-state index in [-0.39, 0.29) is 28.6 Å². The Morgan fingerprint density at radius 2 is 2.05 bits per heavy atom. The number of amides is 1. The number of halogens is 1. The molecule has 1 aromatic rings. The van der Waals surface area contributed by atoms with Crippen molar-refractivity contribution in [1.29, 1.82) is 0 Å². The molecule has 6 nitrogen and oxygen atoms in total. The fourth-order valence-electron chi connectivity index (χ4n) is 1.38. The normalized spacial score (nSPS) is 11.4. The zero-order valence-corrected chi connectivity index (χ0v) is 12.4. The first kappa shape index (κ1) is 16.4. The van der Waals surface area contributed by atoms with Crippen LogP contribution in [0.1, 0.15) is 12.5 Å². The number of sulfonamides is 1. The van der Waals surface area contributed by atoms with Crippen molar-refractivity contribution in [2.75, 3.05) is 25.9 Å². The quantitative estimate of drug-likeness (QED) is 0.774. The van der Waals surface area contributed by atoms with E-state index in [1.54, 1.807) is 14.0 Å². The maximum absolute atomic E-state index is 13.5. The number of nitrogens with zero attached hydrogens (tertiary/aromatic N) is 1. The van der Waals surface area contributed by atoms with Crippen LogP contribution in [0.4, 0.5) is 10.1 Å². The molecule has 0 bridgehead atoms. The molecule has 3 N–H and O–H groups in total. The van der Waals surface area contributed by atoms with Gasteiger partial charge in [-0.1, -0.05) is 0 Å². The molecule has 0 spiro atoms. The third-order valence-electron chi connectivity index (χ3n) is 2.98. The van der Waals surface area contributed by atoms with E-state index in [1.165, 1.54) is 11.8 Å². The zero-order valence-electron chi connectivity index (χ0n) is 11.6. The van der Waals surface area contributed by atoms with Crippen molar-refractivity contribution < 1.29 is 17.6 Å². The lowest BCUT2D eigenvalue weighted by atomic mass is 10.2. The molecule has 1 aromatic carbocycles. The lowest BCUT2D eigenvalue weighted by Crippen LogP contribution is -2.38. The SMILES string of the molecule is CCN(C)C(=O)CNS(=O)(=O)c1cc(N)c(C)c(F)c1. The van der Waals surface area contributed by atoms with Gasteiger partial charge >= 0.3 is 0 Å². The first-order valence-electron chi connectivity index (χ1n) is 5.98. The fraction of sp³-hybridized carbons (Fsp3) is 0.417. The summed E-state index contributed by atoms with van der Waals surface area (Å²) in [4.78, 5) is 12.6. The number of likely N-dealkylation sites (N-methyl/N-ethyl adjacent to an activating group) is 1. The molecule has 0 aromatic heterocycles. The summed E-state index contributed by atoms with van der Waals surface area (Å²) in [5.41, 5.74) is 5.77. The Labute approximate surface area is 117 Å². The topological polar surface area (TPSA) is 92.5 Å². The summed E-state index contributed by atoms with van der Waals surface area (Å²) in [5.74, 6) is -1.08. The van der Waals surface area contributed by atoms with Crippen molar-refractivity contribution in [3.8, 4) is 0 Å². The van der Waals surface area contributed by atoms with Crippen LogP contribution in [0.5, 0.6) is 0 Å². The number of nitrogens with two attached hydrogens (primary N) is 1. The van der Waals surface area contributed by atoms with Gasteiger partial charge in [0.2, 0.25) is 15.9 Å². The van der Waals surface area contributed by atoms with Crippen molar-refractivity contribution in [1.82, 2.24) is 9.62 Å². The van der Waals surface area contributed by atoms with Gasteiger partial charge in [0.1, 0.15) is 5.82 Å². The molecule has 0 aliphatic carbocycles. The highest BCUT2D eigenvalue weighted by Gasteiger charge is 2.19. The van der Waals surface area contributed by atoms with Gasteiger partial charge in [-0.25, -0.2) is 17.5 Å². The Kier molecular flexibility index (Phi) is 5.07. The highest BCUT2D eigenvalue weighted by molar-refractivity contribution is 7.89. The van der Waals surface area contributed by atoms with E-state index in [4.69, 9.17) is 5.73 Å². The third kappa shape index (κ3) is 3.67. The van der Waals surface area contributed by atoms with Gasteiger partial charge in [-0.2, -0.15) is 0 Å². The summed E-state index contributed by atoms with van der Waals surface area (Å²) in [5, 5.41) is 0. The number of carbonyl (C=O) groups excluding carboxylic acids is 1. The minimum Gasteiger partial charge on any atom is -0.398 e. The van der Waals surface area contributed by atoms with Crippen LogP contribution in [-0.2, 0) is 14.8 Å².